The highest BCUT2D eigenvalue weighted by molar-refractivity contribution is 5.89. The van der Waals surface area contributed by atoms with Gasteiger partial charge >= 0.3 is 18.2 Å². The molecule has 2 saturated carbocycles. The fourth-order valence-electron chi connectivity index (χ4n) is 5.08. The van der Waals surface area contributed by atoms with E-state index in [1.807, 2.05) is 54.8 Å². The smallest absolute Gasteiger partial charge is 0.410 e. The predicted octanol–water partition coefficient (Wildman–Crippen LogP) is 4.46. The van der Waals surface area contributed by atoms with Crippen LogP contribution in [0.3, 0.4) is 0 Å². The van der Waals surface area contributed by atoms with Crippen LogP contribution in [-0.2, 0) is 21.3 Å². The van der Waals surface area contributed by atoms with E-state index in [1.165, 1.54) is 0 Å². The largest absolute Gasteiger partial charge is 0.473 e. The van der Waals surface area contributed by atoms with Gasteiger partial charge in [0.1, 0.15) is 28.9 Å². The maximum absolute atomic E-state index is 13.1. The molecule has 0 radical (unpaired) electrons. The molecule has 0 atom stereocenters. The molecule has 14 heteroatoms. The summed E-state index contributed by atoms with van der Waals surface area (Å²) in [4.78, 5) is 45.9. The van der Waals surface area contributed by atoms with Crippen LogP contribution in [0.5, 0.6) is 5.88 Å². The van der Waals surface area contributed by atoms with Crippen molar-refractivity contribution in [2.45, 2.75) is 103 Å². The van der Waals surface area contributed by atoms with Crippen LogP contribution in [-0.4, -0.2) is 102 Å². The lowest BCUT2D eigenvalue weighted by molar-refractivity contribution is -0.0330. The number of hydrogen-bond donors (Lipinski definition) is 0. The zero-order valence-electron chi connectivity index (χ0n) is 27.4. The van der Waals surface area contributed by atoms with Gasteiger partial charge in [0.15, 0.2) is 5.69 Å². The van der Waals surface area contributed by atoms with Gasteiger partial charge in [-0.25, -0.2) is 23.9 Å². The molecule has 45 heavy (non-hydrogen) atoms. The summed E-state index contributed by atoms with van der Waals surface area (Å²) in [5, 5.41) is 8.73. The van der Waals surface area contributed by atoms with Gasteiger partial charge in [0.2, 0.25) is 5.88 Å². The Morgan fingerprint density at radius 2 is 1.42 bits per heavy atom. The predicted molar refractivity (Wildman–Crippen MR) is 163 cm³/mol. The summed E-state index contributed by atoms with van der Waals surface area (Å²) in [5.74, 6) is -0.257. The number of esters is 1. The minimum absolute atomic E-state index is 0.0292. The monoisotopic (exact) mass is 625 g/mol. The van der Waals surface area contributed by atoms with Gasteiger partial charge in [0.05, 0.1) is 18.1 Å². The summed E-state index contributed by atoms with van der Waals surface area (Å²) in [6.45, 7) is 11.0. The van der Waals surface area contributed by atoms with E-state index in [0.717, 1.165) is 5.56 Å². The Kier molecular flexibility index (Phi) is 8.45. The molecule has 0 bridgehead atoms. The molecular formula is C31H43N7O7. The van der Waals surface area contributed by atoms with Gasteiger partial charge in [0, 0.05) is 76.7 Å². The first-order valence-electron chi connectivity index (χ1n) is 15.1. The van der Waals surface area contributed by atoms with Crippen molar-refractivity contribution in [1.82, 2.24) is 34.2 Å². The highest BCUT2D eigenvalue weighted by Crippen LogP contribution is 2.34. The molecule has 0 N–H and O–H groups in total. The van der Waals surface area contributed by atoms with Crippen molar-refractivity contribution in [3.8, 4) is 17.1 Å². The van der Waals surface area contributed by atoms with Crippen molar-refractivity contribution >= 4 is 23.7 Å². The molecule has 2 aliphatic rings. The molecule has 5 rings (SSSR count). The lowest BCUT2D eigenvalue weighted by atomic mass is 9.88. The second-order valence-corrected chi connectivity index (χ2v) is 13.9. The fourth-order valence-corrected chi connectivity index (χ4v) is 5.08. The fraction of sp³-hybridized carbons (Fsp3) is 0.613. The van der Waals surface area contributed by atoms with Crippen LogP contribution in [0.4, 0.5) is 9.59 Å². The third-order valence-electron chi connectivity index (χ3n) is 7.78. The average molecular weight is 626 g/mol. The highest BCUT2D eigenvalue weighted by Gasteiger charge is 2.40. The van der Waals surface area contributed by atoms with Crippen LogP contribution in [0.2, 0.25) is 0 Å². The first-order chi connectivity index (χ1) is 21.0. The van der Waals surface area contributed by atoms with Crippen molar-refractivity contribution in [2.24, 2.45) is 7.05 Å². The molecule has 14 nitrogen and oxygen atoms in total. The standard InChI is InChI=1S/C31H43N7O7/c1-30(2,3)44-28(40)36(8)19-10-21(11-19)42-26-25-14-23(34-38(25)17-24(33-26)18-15-32-35(7)16-18)27(39)43-22-12-20(13-22)37(9)29(41)45-31(4,5)6/h14-17,19-22H,10-13H2,1-9H3. The van der Waals surface area contributed by atoms with E-state index in [2.05, 4.69) is 10.2 Å². The zero-order chi connectivity index (χ0) is 32.8. The summed E-state index contributed by atoms with van der Waals surface area (Å²) in [6.07, 6.45) is 6.13. The van der Waals surface area contributed by atoms with E-state index in [9.17, 15) is 14.4 Å². The maximum Gasteiger partial charge on any atom is 0.410 e. The number of hydrogen-bond acceptors (Lipinski definition) is 10. The Hall–Kier alpha value is -4.36. The summed E-state index contributed by atoms with van der Waals surface area (Å²) < 4.78 is 26.2. The van der Waals surface area contributed by atoms with Crippen LogP contribution < -0.4 is 4.74 Å². The summed E-state index contributed by atoms with van der Waals surface area (Å²) in [6, 6.07) is 1.49. The van der Waals surface area contributed by atoms with Crippen molar-refractivity contribution in [3.05, 3.63) is 30.4 Å². The number of ether oxygens (including phenoxy) is 4. The Morgan fingerprint density at radius 1 is 0.867 bits per heavy atom. The summed E-state index contributed by atoms with van der Waals surface area (Å²) in [7, 11) is 5.23. The number of aryl methyl sites for hydroxylation is 1. The molecule has 2 amide bonds. The molecule has 0 spiro atoms. The number of carbonyl (C=O) groups excluding carboxylic acids is 3. The first kappa shape index (κ1) is 32.0. The molecule has 2 fully saturated rings. The van der Waals surface area contributed by atoms with Gasteiger partial charge in [-0.05, 0) is 41.5 Å². The van der Waals surface area contributed by atoms with Gasteiger partial charge in [-0.15, -0.1) is 0 Å². The van der Waals surface area contributed by atoms with Gasteiger partial charge in [-0.1, -0.05) is 0 Å². The minimum atomic E-state index is -0.588. The molecule has 3 aromatic rings. The van der Waals surface area contributed by atoms with E-state index in [0.29, 0.717) is 42.8 Å². The Labute approximate surface area is 262 Å². The van der Waals surface area contributed by atoms with Gasteiger partial charge in [-0.3, -0.25) is 4.68 Å². The maximum atomic E-state index is 13.1. The van der Waals surface area contributed by atoms with Crippen LogP contribution in [0.15, 0.2) is 24.7 Å². The number of nitrogens with zero attached hydrogens (tertiary/aromatic N) is 7. The lowest BCUT2D eigenvalue weighted by Crippen LogP contribution is -2.51. The zero-order valence-corrected chi connectivity index (χ0v) is 27.4. The summed E-state index contributed by atoms with van der Waals surface area (Å²) in [5.41, 5.74) is 0.789. The van der Waals surface area contributed by atoms with Gasteiger partial charge < -0.3 is 28.7 Å². The molecule has 0 unspecified atom stereocenters. The molecule has 3 aromatic heterocycles. The van der Waals surface area contributed by atoms with Crippen LogP contribution in [0.25, 0.3) is 16.8 Å². The molecule has 0 aliphatic heterocycles. The van der Waals surface area contributed by atoms with Crippen LogP contribution in [0, 0.1) is 0 Å². The molecular weight excluding hydrogens is 582 g/mol. The normalized spacial score (nSPS) is 21.4. The van der Waals surface area contributed by atoms with E-state index in [-0.39, 0.29) is 36.1 Å². The number of aromatic nitrogens is 5. The minimum Gasteiger partial charge on any atom is -0.473 e. The third-order valence-corrected chi connectivity index (χ3v) is 7.78. The molecule has 2 aliphatic carbocycles. The van der Waals surface area contributed by atoms with Crippen molar-refractivity contribution < 1.29 is 33.3 Å². The molecule has 0 saturated heterocycles. The number of rotatable bonds is 7. The second-order valence-electron chi connectivity index (χ2n) is 13.9. The number of amides is 2. The van der Waals surface area contributed by atoms with Crippen molar-refractivity contribution in [3.63, 3.8) is 0 Å². The van der Waals surface area contributed by atoms with E-state index >= 15 is 0 Å². The van der Waals surface area contributed by atoms with E-state index < -0.39 is 23.3 Å². The third kappa shape index (κ3) is 7.48. The number of carbonyl (C=O) groups is 3. The summed E-state index contributed by atoms with van der Waals surface area (Å²) >= 11 is 0. The number of fused-ring (bicyclic) bond motifs is 1. The first-order valence-corrected chi connectivity index (χ1v) is 15.1. The SMILES string of the molecule is CN(C(=O)OC(C)(C)C)C1CC(OC(=O)c2cc3c(OC4CC(N(C)C(=O)OC(C)(C)C)C4)nc(-c4cnn(C)c4)cn3n2)C1. The van der Waals surface area contributed by atoms with Crippen molar-refractivity contribution in [2.75, 3.05) is 14.1 Å². The van der Waals surface area contributed by atoms with Crippen LogP contribution >= 0.6 is 0 Å². The van der Waals surface area contributed by atoms with Crippen molar-refractivity contribution in [1.29, 1.82) is 0 Å². The van der Waals surface area contributed by atoms with E-state index in [1.54, 1.807) is 51.6 Å². The molecule has 3 heterocycles. The second kappa shape index (κ2) is 11.9. The van der Waals surface area contributed by atoms with E-state index in [4.69, 9.17) is 23.9 Å². The molecule has 244 valence electrons. The lowest BCUT2D eigenvalue weighted by Gasteiger charge is -2.40. The highest BCUT2D eigenvalue weighted by atomic mass is 16.6. The Bertz CT molecular complexity index is 1570. The van der Waals surface area contributed by atoms with Crippen LogP contribution in [0.1, 0.15) is 77.7 Å². The van der Waals surface area contributed by atoms with Gasteiger partial charge in [0.25, 0.3) is 0 Å². The topological polar surface area (TPSA) is 143 Å². The van der Waals surface area contributed by atoms with Gasteiger partial charge in [-0.2, -0.15) is 10.2 Å². The quantitative estimate of drug-likeness (QED) is 0.273. The Morgan fingerprint density at radius 3 is 1.93 bits per heavy atom. The Balaban J connectivity index is 1.27. The molecule has 0 aromatic carbocycles. The average Bonchev–Trinajstić information content (AvgIpc) is 3.51.